The molecule has 0 fully saturated rings. The molecule has 0 unspecified atom stereocenters. The molecule has 2 aromatic heterocycles. The van der Waals surface area contributed by atoms with Crippen molar-refractivity contribution in [3.05, 3.63) is 58.9 Å². The molecule has 3 aromatic rings. The average Bonchev–Trinajstić information content (AvgIpc) is 3.14. The Hall–Kier alpha value is -3.00. The number of nitrogen functional groups attached to an aromatic ring is 1. The fourth-order valence-electron chi connectivity index (χ4n) is 2.70. The zero-order chi connectivity index (χ0) is 17.2. The van der Waals surface area contributed by atoms with E-state index in [9.17, 15) is 4.79 Å². The predicted octanol–water partition coefficient (Wildman–Crippen LogP) is 2.51. The highest BCUT2D eigenvalue weighted by Crippen LogP contribution is 2.24. The smallest absolute Gasteiger partial charge is 0.278 e. The Bertz CT molecular complexity index is 896. The summed E-state index contributed by atoms with van der Waals surface area (Å²) >= 11 is 1.41. The molecule has 0 spiro atoms. The molecule has 0 aliphatic carbocycles. The van der Waals surface area contributed by atoms with E-state index in [2.05, 4.69) is 15.0 Å². The lowest BCUT2D eigenvalue weighted by molar-refractivity contribution is 0.0731. The van der Waals surface area contributed by atoms with Crippen molar-refractivity contribution < 1.29 is 9.53 Å². The monoisotopic (exact) mass is 353 g/mol. The molecule has 0 radical (unpaired) electrons. The first kappa shape index (κ1) is 15.5. The number of nitrogens with two attached hydrogens (primary N) is 1. The lowest BCUT2D eigenvalue weighted by Gasteiger charge is -2.28. The van der Waals surface area contributed by atoms with Crippen LogP contribution in [0.1, 0.15) is 21.6 Å². The maximum Gasteiger partial charge on any atom is 0.278 e. The van der Waals surface area contributed by atoms with Gasteiger partial charge in [0.2, 0.25) is 5.95 Å². The number of amides is 1. The van der Waals surface area contributed by atoms with Gasteiger partial charge in [-0.3, -0.25) is 4.79 Å². The third kappa shape index (κ3) is 3.29. The molecule has 1 aromatic carbocycles. The molecular weight excluding hydrogens is 338 g/mol. The third-order valence-electron chi connectivity index (χ3n) is 3.97. The van der Waals surface area contributed by atoms with Crippen LogP contribution in [0, 0.1) is 0 Å². The number of nitrogens with zero attached hydrogens (tertiary/aromatic N) is 4. The number of benzene rings is 1. The van der Waals surface area contributed by atoms with Crippen molar-refractivity contribution in [1.82, 2.24) is 19.9 Å². The first-order chi connectivity index (χ1) is 12.2. The predicted molar refractivity (Wildman–Crippen MR) is 93.5 cm³/mol. The van der Waals surface area contributed by atoms with Gasteiger partial charge in [-0.15, -0.1) is 0 Å². The number of fused-ring (bicyclic) bond motifs is 1. The minimum atomic E-state index is -0.0383. The van der Waals surface area contributed by atoms with Gasteiger partial charge in [0.15, 0.2) is 0 Å². The van der Waals surface area contributed by atoms with Crippen molar-refractivity contribution in [2.75, 3.05) is 12.3 Å². The Balaban J connectivity index is 1.47. The van der Waals surface area contributed by atoms with E-state index in [0.29, 0.717) is 29.6 Å². The van der Waals surface area contributed by atoms with Crippen LogP contribution in [0.3, 0.4) is 0 Å². The fraction of sp³-hybridized carbons (Fsp3) is 0.176. The van der Waals surface area contributed by atoms with Gasteiger partial charge in [0.05, 0.1) is 12.2 Å². The summed E-state index contributed by atoms with van der Waals surface area (Å²) in [5.74, 6) is 0.844. The maximum atomic E-state index is 12.7. The first-order valence-electron chi connectivity index (χ1n) is 7.76. The maximum absolute atomic E-state index is 12.7. The molecular formula is C17H15N5O2S. The average molecular weight is 353 g/mol. The number of hydrogen-bond donors (Lipinski definition) is 1. The topological polar surface area (TPSA) is 94.2 Å². The molecule has 4 rings (SSSR count). The van der Waals surface area contributed by atoms with Gasteiger partial charge < -0.3 is 15.4 Å². The summed E-state index contributed by atoms with van der Waals surface area (Å²) in [6.45, 7) is 1.08. The molecule has 1 aliphatic heterocycles. The van der Waals surface area contributed by atoms with Crippen molar-refractivity contribution in [3.63, 3.8) is 0 Å². The van der Waals surface area contributed by atoms with Crippen LogP contribution in [0.2, 0.25) is 0 Å². The van der Waals surface area contributed by atoms with Gasteiger partial charge in [-0.05, 0) is 36.2 Å². The summed E-state index contributed by atoms with van der Waals surface area (Å²) < 4.78 is 5.61. The van der Waals surface area contributed by atoms with Crippen LogP contribution in [-0.2, 0) is 13.0 Å². The van der Waals surface area contributed by atoms with E-state index >= 15 is 0 Å². The number of anilines is 1. The fourth-order valence-corrected chi connectivity index (χ4v) is 3.21. The molecule has 1 aliphatic rings. The molecule has 0 atom stereocenters. The van der Waals surface area contributed by atoms with Crippen molar-refractivity contribution in [2.24, 2.45) is 0 Å². The number of carbonyl (C=O) groups excluding carboxylic acids is 1. The number of rotatable bonds is 3. The minimum absolute atomic E-state index is 0.0383. The van der Waals surface area contributed by atoms with E-state index in [1.807, 2.05) is 5.38 Å². The molecule has 7 nitrogen and oxygen atoms in total. The quantitative estimate of drug-likeness (QED) is 0.777. The van der Waals surface area contributed by atoms with Gasteiger partial charge in [0.1, 0.15) is 5.75 Å². The zero-order valence-electron chi connectivity index (χ0n) is 13.3. The van der Waals surface area contributed by atoms with Gasteiger partial charge in [0.25, 0.3) is 11.1 Å². The molecule has 1 amide bonds. The van der Waals surface area contributed by atoms with Gasteiger partial charge in [-0.25, -0.2) is 15.0 Å². The third-order valence-corrected chi connectivity index (χ3v) is 4.62. The second-order valence-electron chi connectivity index (χ2n) is 5.60. The van der Waals surface area contributed by atoms with Crippen molar-refractivity contribution >= 4 is 23.2 Å². The summed E-state index contributed by atoms with van der Waals surface area (Å²) in [4.78, 5) is 26.8. The summed E-state index contributed by atoms with van der Waals surface area (Å²) in [6.07, 6.45) is 4.15. The summed E-state index contributed by atoms with van der Waals surface area (Å²) in [5, 5.41) is 2.42. The molecule has 8 heteroatoms. The van der Waals surface area contributed by atoms with Gasteiger partial charge >= 0.3 is 0 Å². The summed E-state index contributed by atoms with van der Waals surface area (Å²) in [5.41, 5.74) is 8.11. The van der Waals surface area contributed by atoms with Crippen LogP contribution in [0.5, 0.6) is 10.9 Å². The van der Waals surface area contributed by atoms with E-state index in [0.717, 1.165) is 17.7 Å². The molecule has 126 valence electrons. The van der Waals surface area contributed by atoms with Gasteiger partial charge in [0, 0.05) is 29.9 Å². The normalized spacial score (nSPS) is 13.4. The van der Waals surface area contributed by atoms with Crippen molar-refractivity contribution in [1.29, 1.82) is 0 Å². The highest BCUT2D eigenvalue weighted by molar-refractivity contribution is 7.11. The number of carbonyl (C=O) groups is 1. The van der Waals surface area contributed by atoms with Crippen LogP contribution in [0.25, 0.3) is 0 Å². The molecule has 25 heavy (non-hydrogen) atoms. The molecule has 0 saturated heterocycles. The van der Waals surface area contributed by atoms with E-state index in [4.69, 9.17) is 10.5 Å². The molecule has 2 N–H and O–H groups in total. The second-order valence-corrected chi connectivity index (χ2v) is 6.46. The van der Waals surface area contributed by atoms with Crippen molar-refractivity contribution in [3.8, 4) is 10.9 Å². The van der Waals surface area contributed by atoms with Gasteiger partial charge in [-0.1, -0.05) is 11.3 Å². The standard InChI is InChI=1S/C17H15N5O2S/c18-16-20-9-12-5-7-22(10-14(12)21-16)15(23)11-1-3-13(4-2-11)24-17-19-6-8-25-17/h1-4,6,8-9H,5,7,10H2,(H2,18,20,21). The van der Waals surface area contributed by atoms with E-state index in [1.54, 1.807) is 41.6 Å². The number of aromatic nitrogens is 3. The van der Waals surface area contributed by atoms with Crippen LogP contribution in [-0.4, -0.2) is 32.3 Å². The van der Waals surface area contributed by atoms with Crippen LogP contribution in [0.4, 0.5) is 5.95 Å². The Morgan fingerprint density at radius 3 is 2.84 bits per heavy atom. The Morgan fingerprint density at radius 1 is 1.24 bits per heavy atom. The largest absolute Gasteiger partial charge is 0.431 e. The van der Waals surface area contributed by atoms with E-state index in [-0.39, 0.29) is 11.9 Å². The highest BCUT2D eigenvalue weighted by Gasteiger charge is 2.23. The SMILES string of the molecule is Nc1ncc2c(n1)CN(C(=O)c1ccc(Oc3nccs3)cc1)CC2. The summed E-state index contributed by atoms with van der Waals surface area (Å²) in [7, 11) is 0. The van der Waals surface area contributed by atoms with Crippen LogP contribution < -0.4 is 10.5 Å². The van der Waals surface area contributed by atoms with Crippen molar-refractivity contribution in [2.45, 2.75) is 13.0 Å². The lowest BCUT2D eigenvalue weighted by atomic mass is 10.1. The lowest BCUT2D eigenvalue weighted by Crippen LogP contribution is -2.36. The zero-order valence-corrected chi connectivity index (χ0v) is 14.1. The number of thiazole rings is 1. The Labute approximate surface area is 148 Å². The van der Waals surface area contributed by atoms with Crippen LogP contribution in [0.15, 0.2) is 42.0 Å². The number of hydrogen-bond acceptors (Lipinski definition) is 7. The molecule has 0 saturated carbocycles. The Morgan fingerprint density at radius 2 is 2.08 bits per heavy atom. The second kappa shape index (κ2) is 6.48. The van der Waals surface area contributed by atoms with Crippen LogP contribution >= 0.6 is 11.3 Å². The summed E-state index contributed by atoms with van der Waals surface area (Å²) in [6, 6.07) is 7.06. The molecule has 0 bridgehead atoms. The minimum Gasteiger partial charge on any atom is -0.431 e. The van der Waals surface area contributed by atoms with E-state index < -0.39 is 0 Å². The number of ether oxygens (including phenoxy) is 1. The highest BCUT2D eigenvalue weighted by atomic mass is 32.1. The van der Waals surface area contributed by atoms with Gasteiger partial charge in [-0.2, -0.15) is 0 Å². The first-order valence-corrected chi connectivity index (χ1v) is 8.64. The van der Waals surface area contributed by atoms with E-state index in [1.165, 1.54) is 11.3 Å². The molecule has 3 heterocycles. The Kier molecular flexibility index (Phi) is 4.02.